The predicted octanol–water partition coefficient (Wildman–Crippen LogP) is 0.330. The van der Waals surface area contributed by atoms with Crippen LogP contribution in [0.15, 0.2) is 36.8 Å². The molecule has 0 aromatic carbocycles. The molecule has 0 spiro atoms. The number of aromatic nitrogens is 3. The first-order valence-corrected chi connectivity index (χ1v) is 6.05. The average molecular weight is 260 g/mol. The van der Waals surface area contributed by atoms with Crippen LogP contribution in [0.1, 0.15) is 0 Å². The van der Waals surface area contributed by atoms with E-state index < -0.39 is 0 Å². The highest BCUT2D eigenvalue weighted by Gasteiger charge is 2.09. The van der Waals surface area contributed by atoms with Crippen molar-refractivity contribution in [3.63, 3.8) is 0 Å². The molecule has 2 N–H and O–H groups in total. The Balaban J connectivity index is 2.27. The molecule has 6 nitrogen and oxygen atoms in total. The first kappa shape index (κ1) is 13.4. The summed E-state index contributed by atoms with van der Waals surface area (Å²) in [6.45, 7) is 0.865. The molecule has 0 atom stereocenters. The van der Waals surface area contributed by atoms with Crippen molar-refractivity contribution in [3.8, 4) is 11.4 Å². The summed E-state index contributed by atoms with van der Waals surface area (Å²) in [5.41, 5.74) is 0.879. The van der Waals surface area contributed by atoms with Crippen LogP contribution in [0, 0.1) is 0 Å². The van der Waals surface area contributed by atoms with Crippen molar-refractivity contribution in [2.45, 2.75) is 0 Å². The monoisotopic (exact) mass is 260 g/mol. The highest BCUT2D eigenvalue weighted by atomic mass is 16.3. The van der Waals surface area contributed by atoms with Gasteiger partial charge in [0.1, 0.15) is 5.82 Å². The topological polar surface area (TPSA) is 82.4 Å². The second kappa shape index (κ2) is 6.77. The number of rotatable bonds is 6. The maximum Gasteiger partial charge on any atom is 0.161 e. The molecule has 0 radical (unpaired) electrons. The molecule has 2 aromatic heterocycles. The lowest BCUT2D eigenvalue weighted by Crippen LogP contribution is -2.30. The second-order valence-electron chi connectivity index (χ2n) is 3.91. The molecule has 0 bridgehead atoms. The first-order chi connectivity index (χ1) is 9.35. The highest BCUT2D eigenvalue weighted by molar-refractivity contribution is 5.56. The highest BCUT2D eigenvalue weighted by Crippen LogP contribution is 2.17. The van der Waals surface area contributed by atoms with E-state index in [0.29, 0.717) is 24.7 Å². The zero-order valence-corrected chi connectivity index (χ0v) is 10.5. The Hall–Kier alpha value is -2.05. The van der Waals surface area contributed by atoms with E-state index in [1.165, 1.54) is 0 Å². The Bertz CT molecular complexity index is 501. The summed E-state index contributed by atoms with van der Waals surface area (Å²) in [5.74, 6) is 1.28. The van der Waals surface area contributed by atoms with Crippen LogP contribution in [-0.2, 0) is 0 Å². The molecule has 2 heterocycles. The molecule has 0 fully saturated rings. The number of hydrogen-bond donors (Lipinski definition) is 2. The third-order valence-electron chi connectivity index (χ3n) is 2.64. The third-order valence-corrected chi connectivity index (χ3v) is 2.64. The van der Waals surface area contributed by atoms with Crippen LogP contribution >= 0.6 is 0 Å². The van der Waals surface area contributed by atoms with Crippen LogP contribution in [0.2, 0.25) is 0 Å². The lowest BCUT2D eigenvalue weighted by molar-refractivity contribution is 0.280. The Morgan fingerprint density at radius 3 is 2.26 bits per heavy atom. The number of aliphatic hydroxyl groups excluding tert-OH is 2. The van der Waals surface area contributed by atoms with E-state index in [0.717, 1.165) is 5.56 Å². The molecule has 2 aromatic rings. The number of pyridine rings is 1. The predicted molar refractivity (Wildman–Crippen MR) is 71.6 cm³/mol. The minimum absolute atomic E-state index is 0.00852. The Morgan fingerprint density at radius 2 is 1.63 bits per heavy atom. The van der Waals surface area contributed by atoms with Crippen LogP contribution in [0.5, 0.6) is 0 Å². The van der Waals surface area contributed by atoms with Crippen molar-refractivity contribution in [3.05, 3.63) is 36.8 Å². The molecular weight excluding hydrogens is 244 g/mol. The van der Waals surface area contributed by atoms with E-state index in [4.69, 9.17) is 10.2 Å². The summed E-state index contributed by atoms with van der Waals surface area (Å²) >= 11 is 0. The summed E-state index contributed by atoms with van der Waals surface area (Å²) in [6, 6.07) is 5.43. The second-order valence-corrected chi connectivity index (χ2v) is 3.91. The molecule has 0 amide bonds. The van der Waals surface area contributed by atoms with Gasteiger partial charge in [-0.15, -0.1) is 0 Å². The largest absolute Gasteiger partial charge is 0.395 e. The van der Waals surface area contributed by atoms with Crippen molar-refractivity contribution in [1.82, 2.24) is 15.0 Å². The van der Waals surface area contributed by atoms with Gasteiger partial charge >= 0.3 is 0 Å². The van der Waals surface area contributed by atoms with Gasteiger partial charge < -0.3 is 15.1 Å². The number of hydrogen-bond acceptors (Lipinski definition) is 6. The van der Waals surface area contributed by atoms with Crippen molar-refractivity contribution in [2.75, 3.05) is 31.2 Å². The first-order valence-electron chi connectivity index (χ1n) is 6.05. The molecule has 6 heteroatoms. The molecule has 0 aliphatic rings. The van der Waals surface area contributed by atoms with Gasteiger partial charge in [0.05, 0.1) is 13.2 Å². The maximum absolute atomic E-state index is 9.04. The SMILES string of the molecule is OCCN(CCO)c1ccnc(-c2ccncc2)n1. The van der Waals surface area contributed by atoms with Gasteiger partial charge in [0.15, 0.2) is 5.82 Å². The van der Waals surface area contributed by atoms with Crippen molar-refractivity contribution < 1.29 is 10.2 Å². The van der Waals surface area contributed by atoms with Gasteiger partial charge in [-0.1, -0.05) is 0 Å². The van der Waals surface area contributed by atoms with Gasteiger partial charge in [-0.05, 0) is 18.2 Å². The van der Waals surface area contributed by atoms with Gasteiger partial charge in [-0.3, -0.25) is 4.98 Å². The molecule has 0 aliphatic carbocycles. The summed E-state index contributed by atoms with van der Waals surface area (Å²) in [6.07, 6.45) is 5.04. The number of aliphatic hydroxyl groups is 2. The lowest BCUT2D eigenvalue weighted by Gasteiger charge is -2.21. The minimum Gasteiger partial charge on any atom is -0.395 e. The smallest absolute Gasteiger partial charge is 0.161 e. The van der Waals surface area contributed by atoms with Gasteiger partial charge in [0, 0.05) is 37.2 Å². The molecule has 0 saturated carbocycles. The maximum atomic E-state index is 9.04. The minimum atomic E-state index is 0.00852. The summed E-state index contributed by atoms with van der Waals surface area (Å²) in [5, 5.41) is 18.1. The van der Waals surface area contributed by atoms with Crippen LogP contribution in [0.3, 0.4) is 0 Å². The molecule has 100 valence electrons. The quantitative estimate of drug-likeness (QED) is 0.779. The summed E-state index contributed by atoms with van der Waals surface area (Å²) in [4.78, 5) is 14.4. The van der Waals surface area contributed by atoms with E-state index in [2.05, 4.69) is 15.0 Å². The van der Waals surface area contributed by atoms with Crippen molar-refractivity contribution in [1.29, 1.82) is 0 Å². The lowest BCUT2D eigenvalue weighted by atomic mass is 10.2. The van der Waals surface area contributed by atoms with Crippen LogP contribution in [-0.4, -0.2) is 51.5 Å². The molecular formula is C13H16N4O2. The average Bonchev–Trinajstić information content (AvgIpc) is 2.48. The fraction of sp³-hybridized carbons (Fsp3) is 0.308. The summed E-state index contributed by atoms with van der Waals surface area (Å²) in [7, 11) is 0. The molecule has 0 aliphatic heterocycles. The fourth-order valence-corrected chi connectivity index (χ4v) is 1.75. The zero-order chi connectivity index (χ0) is 13.5. The Kier molecular flexibility index (Phi) is 4.77. The van der Waals surface area contributed by atoms with Gasteiger partial charge in [0.2, 0.25) is 0 Å². The van der Waals surface area contributed by atoms with E-state index in [1.807, 2.05) is 17.0 Å². The van der Waals surface area contributed by atoms with Gasteiger partial charge in [0.25, 0.3) is 0 Å². The van der Waals surface area contributed by atoms with E-state index in [-0.39, 0.29) is 13.2 Å². The Morgan fingerprint density at radius 1 is 0.947 bits per heavy atom. The summed E-state index contributed by atoms with van der Waals surface area (Å²) < 4.78 is 0. The third kappa shape index (κ3) is 3.46. The van der Waals surface area contributed by atoms with E-state index in [1.54, 1.807) is 24.7 Å². The molecule has 2 rings (SSSR count). The molecule has 19 heavy (non-hydrogen) atoms. The molecule has 0 unspecified atom stereocenters. The van der Waals surface area contributed by atoms with Crippen LogP contribution in [0.4, 0.5) is 5.82 Å². The standard InChI is InChI=1S/C13H16N4O2/c18-9-7-17(8-10-19)12-3-6-15-13(16-12)11-1-4-14-5-2-11/h1-6,18-19H,7-10H2. The van der Waals surface area contributed by atoms with Crippen molar-refractivity contribution >= 4 is 5.82 Å². The zero-order valence-electron chi connectivity index (χ0n) is 10.5. The van der Waals surface area contributed by atoms with E-state index >= 15 is 0 Å². The Labute approximate surface area is 111 Å². The molecule has 0 saturated heterocycles. The number of anilines is 1. The van der Waals surface area contributed by atoms with Crippen LogP contribution < -0.4 is 4.90 Å². The van der Waals surface area contributed by atoms with Gasteiger partial charge in [-0.25, -0.2) is 9.97 Å². The number of nitrogens with zero attached hydrogens (tertiary/aromatic N) is 4. The van der Waals surface area contributed by atoms with Crippen LogP contribution in [0.25, 0.3) is 11.4 Å². The van der Waals surface area contributed by atoms with E-state index in [9.17, 15) is 0 Å². The fourth-order valence-electron chi connectivity index (χ4n) is 1.75. The van der Waals surface area contributed by atoms with Crippen molar-refractivity contribution in [2.24, 2.45) is 0 Å². The van der Waals surface area contributed by atoms with Gasteiger partial charge in [-0.2, -0.15) is 0 Å². The normalized spacial score (nSPS) is 10.4.